The van der Waals surface area contributed by atoms with Crippen LogP contribution in [0.2, 0.25) is 0 Å². The Kier molecular flexibility index (Phi) is 5.93. The lowest BCUT2D eigenvalue weighted by molar-refractivity contribution is -0.132. The molecule has 2 aromatic rings. The van der Waals surface area contributed by atoms with Gasteiger partial charge in [0.05, 0.1) is 18.2 Å². The molecule has 0 aliphatic carbocycles. The van der Waals surface area contributed by atoms with E-state index in [0.717, 1.165) is 5.56 Å². The Morgan fingerprint density at radius 3 is 2.46 bits per heavy atom. The Labute approximate surface area is 164 Å². The zero-order chi connectivity index (χ0) is 20.1. The molecule has 144 valence electrons. The second-order valence-corrected chi connectivity index (χ2v) is 6.85. The van der Waals surface area contributed by atoms with Crippen LogP contribution in [-0.4, -0.2) is 60.5 Å². The highest BCUT2D eigenvalue weighted by atomic mass is 16.4. The van der Waals surface area contributed by atoms with Gasteiger partial charge in [-0.25, -0.2) is 4.98 Å². The molecular formula is C20H22N6O2. The molecule has 1 saturated heterocycles. The molecule has 8 heteroatoms. The van der Waals surface area contributed by atoms with Gasteiger partial charge in [0.25, 0.3) is 0 Å². The standard InChI is InChI=1S/C20H22N6O2/c1-15-23-18(12-22)20(28-15)26-9-7-25(8-10-26)19(27)14-24(2)13-17-5-3-16(11-21)4-6-17/h3-6H,7-10,13-14H2,1-2H3. The van der Waals surface area contributed by atoms with Gasteiger partial charge in [-0.2, -0.15) is 10.5 Å². The quantitative estimate of drug-likeness (QED) is 0.777. The molecule has 2 heterocycles. The summed E-state index contributed by atoms with van der Waals surface area (Å²) in [7, 11) is 1.91. The van der Waals surface area contributed by atoms with Gasteiger partial charge in [0.1, 0.15) is 6.07 Å². The molecule has 1 aromatic carbocycles. The molecule has 1 fully saturated rings. The van der Waals surface area contributed by atoms with Crippen molar-refractivity contribution in [2.75, 3.05) is 44.7 Å². The van der Waals surface area contributed by atoms with E-state index in [1.165, 1.54) is 0 Å². The van der Waals surface area contributed by atoms with Gasteiger partial charge in [-0.1, -0.05) is 12.1 Å². The minimum atomic E-state index is 0.0741. The van der Waals surface area contributed by atoms with Crippen molar-refractivity contribution in [3.05, 3.63) is 47.0 Å². The molecule has 0 bridgehead atoms. The third-order valence-corrected chi connectivity index (χ3v) is 4.68. The fraction of sp³-hybridized carbons (Fsp3) is 0.400. The van der Waals surface area contributed by atoms with Crippen LogP contribution in [0, 0.1) is 29.6 Å². The molecule has 0 saturated carbocycles. The summed E-state index contributed by atoms with van der Waals surface area (Å²) in [5.41, 5.74) is 1.98. The first kappa shape index (κ1) is 19.4. The first-order chi connectivity index (χ1) is 13.5. The SMILES string of the molecule is Cc1nc(C#N)c(N2CCN(C(=O)CN(C)Cc3ccc(C#N)cc3)CC2)o1. The summed E-state index contributed by atoms with van der Waals surface area (Å²) in [4.78, 5) is 22.4. The molecular weight excluding hydrogens is 356 g/mol. The van der Waals surface area contributed by atoms with E-state index in [-0.39, 0.29) is 5.91 Å². The van der Waals surface area contributed by atoms with Crippen LogP contribution in [0.25, 0.3) is 0 Å². The number of oxazole rings is 1. The maximum absolute atomic E-state index is 12.6. The summed E-state index contributed by atoms with van der Waals surface area (Å²) in [5.74, 6) is 1.03. The smallest absolute Gasteiger partial charge is 0.236 e. The van der Waals surface area contributed by atoms with Gasteiger partial charge >= 0.3 is 0 Å². The van der Waals surface area contributed by atoms with Crippen molar-refractivity contribution in [1.82, 2.24) is 14.8 Å². The molecule has 1 aromatic heterocycles. The van der Waals surface area contributed by atoms with Crippen molar-refractivity contribution in [2.24, 2.45) is 0 Å². The number of likely N-dealkylation sites (N-methyl/N-ethyl adjacent to an activating group) is 1. The zero-order valence-electron chi connectivity index (χ0n) is 16.1. The molecule has 3 rings (SSSR count). The molecule has 1 amide bonds. The number of anilines is 1. The number of aromatic nitrogens is 1. The van der Waals surface area contributed by atoms with E-state index in [0.29, 0.717) is 62.3 Å². The van der Waals surface area contributed by atoms with E-state index in [4.69, 9.17) is 14.9 Å². The van der Waals surface area contributed by atoms with Crippen molar-refractivity contribution < 1.29 is 9.21 Å². The van der Waals surface area contributed by atoms with Gasteiger partial charge in [0.2, 0.25) is 17.5 Å². The summed E-state index contributed by atoms with van der Waals surface area (Å²) in [6.07, 6.45) is 0. The Morgan fingerprint density at radius 2 is 1.86 bits per heavy atom. The average molecular weight is 378 g/mol. The second-order valence-electron chi connectivity index (χ2n) is 6.85. The zero-order valence-corrected chi connectivity index (χ0v) is 16.1. The van der Waals surface area contributed by atoms with Crippen LogP contribution < -0.4 is 4.90 Å². The third-order valence-electron chi connectivity index (χ3n) is 4.68. The van der Waals surface area contributed by atoms with Gasteiger partial charge in [0.15, 0.2) is 5.89 Å². The largest absolute Gasteiger partial charge is 0.424 e. The van der Waals surface area contributed by atoms with E-state index < -0.39 is 0 Å². The van der Waals surface area contributed by atoms with Crippen LogP contribution in [0.15, 0.2) is 28.7 Å². The Hall–Kier alpha value is -3.36. The number of aryl methyl sites for hydroxylation is 1. The monoisotopic (exact) mass is 378 g/mol. The molecule has 0 atom stereocenters. The van der Waals surface area contributed by atoms with Crippen molar-refractivity contribution in [2.45, 2.75) is 13.5 Å². The van der Waals surface area contributed by atoms with Crippen LogP contribution in [0.5, 0.6) is 0 Å². The molecule has 0 radical (unpaired) electrons. The lowest BCUT2D eigenvalue weighted by atomic mass is 10.1. The molecule has 1 aliphatic rings. The number of carbonyl (C=O) groups excluding carboxylic acids is 1. The number of benzene rings is 1. The fourth-order valence-electron chi connectivity index (χ4n) is 3.25. The molecule has 8 nitrogen and oxygen atoms in total. The number of piperazine rings is 1. The number of amides is 1. The highest BCUT2D eigenvalue weighted by molar-refractivity contribution is 5.78. The summed E-state index contributed by atoms with van der Waals surface area (Å²) >= 11 is 0. The predicted molar refractivity (Wildman–Crippen MR) is 102 cm³/mol. The first-order valence-electron chi connectivity index (χ1n) is 9.08. The van der Waals surface area contributed by atoms with Crippen LogP contribution >= 0.6 is 0 Å². The average Bonchev–Trinajstić information content (AvgIpc) is 3.09. The lowest BCUT2D eigenvalue weighted by Crippen LogP contribution is -2.51. The summed E-state index contributed by atoms with van der Waals surface area (Å²) in [5, 5.41) is 18.0. The Bertz CT molecular complexity index is 914. The van der Waals surface area contributed by atoms with Crippen LogP contribution in [-0.2, 0) is 11.3 Å². The summed E-state index contributed by atoms with van der Waals surface area (Å²) in [6.45, 7) is 5.05. The Morgan fingerprint density at radius 1 is 1.18 bits per heavy atom. The number of nitriles is 2. The normalized spacial score (nSPS) is 14.0. The van der Waals surface area contributed by atoms with Crippen LogP contribution in [0.1, 0.15) is 22.7 Å². The maximum atomic E-state index is 12.6. The lowest BCUT2D eigenvalue weighted by Gasteiger charge is -2.35. The van der Waals surface area contributed by atoms with Crippen molar-refractivity contribution in [1.29, 1.82) is 10.5 Å². The third kappa shape index (κ3) is 4.48. The van der Waals surface area contributed by atoms with Gasteiger partial charge in [0, 0.05) is 39.6 Å². The second kappa shape index (κ2) is 8.55. The van der Waals surface area contributed by atoms with Crippen molar-refractivity contribution in [3.8, 4) is 12.1 Å². The summed E-state index contributed by atoms with van der Waals surface area (Å²) in [6, 6.07) is 11.5. The van der Waals surface area contributed by atoms with Gasteiger partial charge in [-0.05, 0) is 24.7 Å². The molecule has 1 aliphatic heterocycles. The number of nitrogens with zero attached hydrogens (tertiary/aromatic N) is 6. The van der Waals surface area contributed by atoms with Gasteiger partial charge in [-0.15, -0.1) is 0 Å². The number of carbonyl (C=O) groups is 1. The Balaban J connectivity index is 1.50. The highest BCUT2D eigenvalue weighted by Crippen LogP contribution is 2.22. The first-order valence-corrected chi connectivity index (χ1v) is 9.08. The number of hydrogen-bond acceptors (Lipinski definition) is 7. The summed E-state index contributed by atoms with van der Waals surface area (Å²) < 4.78 is 5.55. The van der Waals surface area contributed by atoms with Gasteiger partial charge < -0.3 is 14.2 Å². The van der Waals surface area contributed by atoms with E-state index in [1.807, 2.05) is 33.9 Å². The van der Waals surface area contributed by atoms with Crippen molar-refractivity contribution in [3.63, 3.8) is 0 Å². The molecule has 0 spiro atoms. The number of hydrogen-bond donors (Lipinski definition) is 0. The van der Waals surface area contributed by atoms with E-state index >= 15 is 0 Å². The topological polar surface area (TPSA) is 100 Å². The fourth-order valence-corrected chi connectivity index (χ4v) is 3.25. The minimum absolute atomic E-state index is 0.0741. The van der Waals surface area contributed by atoms with Crippen LogP contribution in [0.4, 0.5) is 5.88 Å². The number of rotatable bonds is 5. The maximum Gasteiger partial charge on any atom is 0.236 e. The van der Waals surface area contributed by atoms with Gasteiger partial charge in [-0.3, -0.25) is 9.69 Å². The van der Waals surface area contributed by atoms with E-state index in [1.54, 1.807) is 19.1 Å². The van der Waals surface area contributed by atoms with Crippen LogP contribution in [0.3, 0.4) is 0 Å². The molecule has 0 unspecified atom stereocenters. The predicted octanol–water partition coefficient (Wildman–Crippen LogP) is 1.51. The minimum Gasteiger partial charge on any atom is -0.424 e. The molecule has 0 N–H and O–H groups in total. The van der Waals surface area contributed by atoms with E-state index in [2.05, 4.69) is 17.1 Å². The van der Waals surface area contributed by atoms with Crippen molar-refractivity contribution >= 4 is 11.8 Å². The molecule has 28 heavy (non-hydrogen) atoms. The van der Waals surface area contributed by atoms with E-state index in [9.17, 15) is 4.79 Å². The highest BCUT2D eigenvalue weighted by Gasteiger charge is 2.26.